The van der Waals surface area contributed by atoms with Crippen LogP contribution in [-0.4, -0.2) is 12.0 Å². The van der Waals surface area contributed by atoms with E-state index < -0.39 is 4.92 Å². The molecule has 0 unspecified atom stereocenters. The van der Waals surface area contributed by atoms with Crippen molar-refractivity contribution in [1.82, 2.24) is 0 Å². The van der Waals surface area contributed by atoms with Gasteiger partial charge in [-0.3, -0.25) is 10.1 Å². The number of hydrogen-bond donors (Lipinski definition) is 2. The second-order valence-electron chi connectivity index (χ2n) is 4.48. The van der Waals surface area contributed by atoms with Crippen molar-refractivity contribution in [2.24, 2.45) is 0 Å². The van der Waals surface area contributed by atoms with Gasteiger partial charge in [-0.25, -0.2) is 4.39 Å². The molecule has 0 aliphatic heterocycles. The fraction of sp³-hybridized carbons (Fsp3) is 0.143. The molecule has 5 nitrogen and oxygen atoms in total. The van der Waals surface area contributed by atoms with Crippen LogP contribution in [0, 0.1) is 22.9 Å². The SMILES string of the molecule is CNc1cc(Nc2cc(Br)c(F)cc2C)cc([N+](=O)[O-])c1. The largest absolute Gasteiger partial charge is 0.388 e. The number of nitro groups is 1. The third kappa shape index (κ3) is 3.49. The first-order chi connectivity index (χ1) is 9.90. The molecule has 0 aliphatic rings. The number of nitro benzene ring substituents is 1. The monoisotopic (exact) mass is 353 g/mol. The molecular formula is C14H13BrFN3O2. The molecule has 0 amide bonds. The number of non-ortho nitro benzene ring substituents is 1. The van der Waals surface area contributed by atoms with Gasteiger partial charge in [-0.2, -0.15) is 0 Å². The number of halogens is 2. The Morgan fingerprint density at radius 2 is 1.86 bits per heavy atom. The van der Waals surface area contributed by atoms with Gasteiger partial charge in [0.25, 0.3) is 5.69 Å². The Morgan fingerprint density at radius 3 is 2.48 bits per heavy atom. The van der Waals surface area contributed by atoms with Gasteiger partial charge in [0.2, 0.25) is 0 Å². The first kappa shape index (κ1) is 15.2. The number of nitrogens with zero attached hydrogens (tertiary/aromatic N) is 1. The van der Waals surface area contributed by atoms with Crippen LogP contribution in [0.1, 0.15) is 5.56 Å². The molecule has 0 heterocycles. The maximum absolute atomic E-state index is 13.4. The van der Waals surface area contributed by atoms with E-state index in [0.717, 1.165) is 0 Å². The van der Waals surface area contributed by atoms with Crippen molar-refractivity contribution >= 4 is 38.7 Å². The van der Waals surface area contributed by atoms with Gasteiger partial charge < -0.3 is 10.6 Å². The van der Waals surface area contributed by atoms with E-state index in [1.165, 1.54) is 18.2 Å². The number of nitrogens with one attached hydrogen (secondary N) is 2. The summed E-state index contributed by atoms with van der Waals surface area (Å²) in [5.74, 6) is -0.354. The minimum absolute atomic E-state index is 0.0248. The normalized spacial score (nSPS) is 10.3. The Kier molecular flexibility index (Phi) is 4.42. The lowest BCUT2D eigenvalue weighted by molar-refractivity contribution is -0.384. The van der Waals surface area contributed by atoms with Gasteiger partial charge in [0, 0.05) is 36.2 Å². The summed E-state index contributed by atoms with van der Waals surface area (Å²) in [6.45, 7) is 1.76. The summed E-state index contributed by atoms with van der Waals surface area (Å²) in [6, 6.07) is 7.60. The van der Waals surface area contributed by atoms with Crippen LogP contribution in [0.15, 0.2) is 34.8 Å². The van der Waals surface area contributed by atoms with E-state index in [4.69, 9.17) is 0 Å². The Bertz CT molecular complexity index is 707. The highest BCUT2D eigenvalue weighted by Crippen LogP contribution is 2.30. The number of anilines is 3. The van der Waals surface area contributed by atoms with Crippen molar-refractivity contribution in [3.8, 4) is 0 Å². The minimum Gasteiger partial charge on any atom is -0.388 e. The van der Waals surface area contributed by atoms with Crippen molar-refractivity contribution in [2.75, 3.05) is 17.7 Å². The van der Waals surface area contributed by atoms with Gasteiger partial charge in [0.15, 0.2) is 0 Å². The summed E-state index contributed by atoms with van der Waals surface area (Å²) in [6.07, 6.45) is 0. The number of hydrogen-bond acceptors (Lipinski definition) is 4. The van der Waals surface area contributed by atoms with Gasteiger partial charge in [0.1, 0.15) is 5.82 Å². The quantitative estimate of drug-likeness (QED) is 0.623. The van der Waals surface area contributed by atoms with E-state index in [9.17, 15) is 14.5 Å². The van der Waals surface area contributed by atoms with E-state index in [1.54, 1.807) is 26.1 Å². The van der Waals surface area contributed by atoms with Crippen molar-refractivity contribution in [3.05, 3.63) is 56.3 Å². The molecule has 0 radical (unpaired) electrons. The van der Waals surface area contributed by atoms with Gasteiger partial charge in [0.05, 0.1) is 9.40 Å². The highest BCUT2D eigenvalue weighted by Gasteiger charge is 2.11. The maximum atomic E-state index is 13.4. The second-order valence-corrected chi connectivity index (χ2v) is 5.34. The molecule has 110 valence electrons. The van der Waals surface area contributed by atoms with Crippen LogP contribution in [0.3, 0.4) is 0 Å². The average molecular weight is 354 g/mol. The molecule has 0 bridgehead atoms. The lowest BCUT2D eigenvalue weighted by Gasteiger charge is -2.12. The van der Waals surface area contributed by atoms with Gasteiger partial charge in [-0.15, -0.1) is 0 Å². The molecule has 0 aliphatic carbocycles. The molecule has 0 fully saturated rings. The molecule has 0 saturated carbocycles. The first-order valence-electron chi connectivity index (χ1n) is 6.10. The Balaban J connectivity index is 2.41. The molecule has 0 atom stereocenters. The lowest BCUT2D eigenvalue weighted by Crippen LogP contribution is -1.98. The second kappa shape index (κ2) is 6.09. The van der Waals surface area contributed by atoms with E-state index >= 15 is 0 Å². The maximum Gasteiger partial charge on any atom is 0.273 e. The fourth-order valence-corrected chi connectivity index (χ4v) is 2.21. The minimum atomic E-state index is -0.459. The molecular weight excluding hydrogens is 341 g/mol. The lowest BCUT2D eigenvalue weighted by atomic mass is 10.1. The van der Waals surface area contributed by atoms with E-state index in [2.05, 4.69) is 26.6 Å². The highest BCUT2D eigenvalue weighted by atomic mass is 79.9. The van der Waals surface area contributed by atoms with Crippen molar-refractivity contribution in [1.29, 1.82) is 0 Å². The Morgan fingerprint density at radius 1 is 1.19 bits per heavy atom. The molecule has 21 heavy (non-hydrogen) atoms. The van der Waals surface area contributed by atoms with Crippen LogP contribution in [0.25, 0.3) is 0 Å². The number of rotatable bonds is 4. The molecule has 2 N–H and O–H groups in total. The summed E-state index contributed by atoms with van der Waals surface area (Å²) in [7, 11) is 1.68. The van der Waals surface area contributed by atoms with E-state index in [1.807, 2.05) is 0 Å². The zero-order valence-corrected chi connectivity index (χ0v) is 13.0. The molecule has 2 aromatic carbocycles. The molecule has 0 aromatic heterocycles. The van der Waals surface area contributed by atoms with Crippen LogP contribution in [0.4, 0.5) is 27.1 Å². The topological polar surface area (TPSA) is 67.2 Å². The van der Waals surface area contributed by atoms with Crippen LogP contribution in [0.2, 0.25) is 0 Å². The predicted octanol–water partition coefficient (Wildman–Crippen LogP) is 4.59. The molecule has 2 aromatic rings. The molecule has 2 rings (SSSR count). The Labute approximate surface area is 129 Å². The first-order valence-corrected chi connectivity index (χ1v) is 6.90. The summed E-state index contributed by atoms with van der Waals surface area (Å²) in [4.78, 5) is 10.5. The van der Waals surface area contributed by atoms with Crippen molar-refractivity contribution in [3.63, 3.8) is 0 Å². The van der Waals surface area contributed by atoms with Gasteiger partial charge >= 0.3 is 0 Å². The Hall–Kier alpha value is -2.15. The smallest absolute Gasteiger partial charge is 0.273 e. The standard InChI is InChI=1S/C14H13BrFN3O2/c1-8-3-13(16)12(15)7-14(8)18-10-4-9(17-2)5-11(6-10)19(20)21/h3-7,17-18H,1-2H3. The zero-order chi connectivity index (χ0) is 15.6. The molecule has 0 spiro atoms. The van der Waals surface area contributed by atoms with Gasteiger partial charge in [-0.1, -0.05) is 0 Å². The van der Waals surface area contributed by atoms with Crippen molar-refractivity contribution in [2.45, 2.75) is 6.92 Å². The summed E-state index contributed by atoms with van der Waals surface area (Å²) < 4.78 is 13.7. The van der Waals surface area contributed by atoms with E-state index in [-0.39, 0.29) is 11.5 Å². The zero-order valence-electron chi connectivity index (χ0n) is 11.4. The summed E-state index contributed by atoms with van der Waals surface area (Å²) >= 11 is 3.12. The van der Waals surface area contributed by atoms with Crippen LogP contribution >= 0.6 is 15.9 Å². The van der Waals surface area contributed by atoms with Crippen molar-refractivity contribution < 1.29 is 9.31 Å². The number of benzene rings is 2. The summed E-state index contributed by atoms with van der Waals surface area (Å²) in [5.41, 5.74) is 2.52. The fourth-order valence-electron chi connectivity index (χ4n) is 1.87. The van der Waals surface area contributed by atoms with Crippen LogP contribution in [0.5, 0.6) is 0 Å². The number of aryl methyl sites for hydroxylation is 1. The highest BCUT2D eigenvalue weighted by molar-refractivity contribution is 9.10. The van der Waals surface area contributed by atoms with E-state index in [0.29, 0.717) is 27.1 Å². The molecule has 0 saturated heterocycles. The third-order valence-electron chi connectivity index (χ3n) is 2.96. The average Bonchev–Trinajstić information content (AvgIpc) is 2.44. The van der Waals surface area contributed by atoms with Gasteiger partial charge in [-0.05, 0) is 46.6 Å². The third-order valence-corrected chi connectivity index (χ3v) is 3.57. The van der Waals surface area contributed by atoms with Crippen LogP contribution in [-0.2, 0) is 0 Å². The predicted molar refractivity (Wildman–Crippen MR) is 84.8 cm³/mol. The summed E-state index contributed by atoms with van der Waals surface area (Å²) in [5, 5.41) is 16.9. The van der Waals surface area contributed by atoms with Crippen LogP contribution < -0.4 is 10.6 Å². The molecule has 7 heteroatoms.